The lowest BCUT2D eigenvalue weighted by Crippen LogP contribution is -2.50. The van der Waals surface area contributed by atoms with E-state index in [-0.39, 0.29) is 42.2 Å². The molecule has 1 aromatic carbocycles. The lowest BCUT2D eigenvalue weighted by Gasteiger charge is -2.33. The van der Waals surface area contributed by atoms with Gasteiger partial charge in [0.05, 0.1) is 11.3 Å². The van der Waals surface area contributed by atoms with Crippen molar-refractivity contribution in [3.8, 4) is 0 Å². The number of hydrazine groups is 1. The van der Waals surface area contributed by atoms with Crippen molar-refractivity contribution in [2.45, 2.75) is 64.0 Å². The van der Waals surface area contributed by atoms with Crippen LogP contribution in [-0.4, -0.2) is 40.8 Å². The molecule has 2 aliphatic rings. The zero-order chi connectivity index (χ0) is 23.4. The molecule has 1 aromatic heterocycles. The lowest BCUT2D eigenvalue weighted by atomic mass is 9.94. The standard InChI is InChI=1S/C23H26N4O5S/c1-15(21(30)26(23-24-13-14-33-23)17-5-3-2-4-6-17)32-22(31)16-7-9-18(10-8-16)27-20(29)12-11-19(28)25-27/h7-10,13-15,17H,2-6,11-12H2,1H3,(H,25,28). The van der Waals surface area contributed by atoms with Gasteiger partial charge in [0.1, 0.15) is 0 Å². The van der Waals surface area contributed by atoms with Crippen LogP contribution in [0, 0.1) is 0 Å². The van der Waals surface area contributed by atoms with Gasteiger partial charge in [0.2, 0.25) is 11.8 Å². The summed E-state index contributed by atoms with van der Waals surface area (Å²) in [5.74, 6) is -1.40. The number of thiazole rings is 1. The topological polar surface area (TPSA) is 109 Å². The van der Waals surface area contributed by atoms with E-state index in [2.05, 4.69) is 10.4 Å². The van der Waals surface area contributed by atoms with Gasteiger partial charge in [-0.05, 0) is 44.0 Å². The van der Waals surface area contributed by atoms with Crippen molar-refractivity contribution in [2.24, 2.45) is 0 Å². The molecule has 1 atom stereocenters. The summed E-state index contributed by atoms with van der Waals surface area (Å²) in [5.41, 5.74) is 3.20. The second-order valence-electron chi connectivity index (χ2n) is 8.17. The van der Waals surface area contributed by atoms with Crippen LogP contribution in [0.25, 0.3) is 0 Å². The minimum atomic E-state index is -0.981. The number of esters is 1. The third-order valence-corrected chi connectivity index (χ3v) is 6.62. The number of carbonyl (C=O) groups is 4. The summed E-state index contributed by atoms with van der Waals surface area (Å²) in [5, 5.41) is 3.61. The summed E-state index contributed by atoms with van der Waals surface area (Å²) in [6, 6.07) is 6.16. The van der Waals surface area contributed by atoms with Crippen LogP contribution < -0.4 is 15.3 Å². The van der Waals surface area contributed by atoms with E-state index in [1.165, 1.54) is 28.5 Å². The predicted octanol–water partition coefficient (Wildman–Crippen LogP) is 3.21. The Morgan fingerprint density at radius 2 is 1.88 bits per heavy atom. The van der Waals surface area contributed by atoms with Crippen LogP contribution in [0.15, 0.2) is 35.8 Å². The minimum absolute atomic E-state index is 0.0510. The van der Waals surface area contributed by atoms with Gasteiger partial charge in [-0.25, -0.2) is 14.8 Å². The van der Waals surface area contributed by atoms with Gasteiger partial charge < -0.3 is 4.74 Å². The zero-order valence-electron chi connectivity index (χ0n) is 18.4. The molecule has 174 valence electrons. The summed E-state index contributed by atoms with van der Waals surface area (Å²) >= 11 is 1.39. The molecule has 2 aromatic rings. The smallest absolute Gasteiger partial charge is 0.338 e. The predicted molar refractivity (Wildman–Crippen MR) is 123 cm³/mol. The van der Waals surface area contributed by atoms with Gasteiger partial charge in [0, 0.05) is 30.5 Å². The minimum Gasteiger partial charge on any atom is -0.449 e. The van der Waals surface area contributed by atoms with E-state index < -0.39 is 12.1 Å². The maximum Gasteiger partial charge on any atom is 0.338 e. The molecule has 10 heteroatoms. The monoisotopic (exact) mass is 470 g/mol. The van der Waals surface area contributed by atoms with E-state index in [1.54, 1.807) is 30.2 Å². The maximum atomic E-state index is 13.3. The average molecular weight is 471 g/mol. The van der Waals surface area contributed by atoms with Gasteiger partial charge in [0.25, 0.3) is 5.91 Å². The fourth-order valence-electron chi connectivity index (χ4n) is 4.11. The number of nitrogens with zero attached hydrogens (tertiary/aromatic N) is 3. The highest BCUT2D eigenvalue weighted by atomic mass is 32.1. The highest BCUT2D eigenvalue weighted by Gasteiger charge is 2.33. The van der Waals surface area contributed by atoms with Gasteiger partial charge in [-0.1, -0.05) is 19.3 Å². The first-order valence-electron chi connectivity index (χ1n) is 11.1. The third-order valence-electron chi connectivity index (χ3n) is 5.85. The molecule has 1 aliphatic carbocycles. The number of anilines is 2. The number of hydrogen-bond acceptors (Lipinski definition) is 7. The van der Waals surface area contributed by atoms with Crippen LogP contribution in [0.5, 0.6) is 0 Å². The fourth-order valence-corrected chi connectivity index (χ4v) is 4.83. The van der Waals surface area contributed by atoms with Crippen LogP contribution in [0.2, 0.25) is 0 Å². The number of carbonyl (C=O) groups excluding carboxylic acids is 4. The van der Waals surface area contributed by atoms with E-state index in [0.717, 1.165) is 32.1 Å². The molecule has 1 aliphatic heterocycles. The van der Waals surface area contributed by atoms with Crippen LogP contribution in [0.1, 0.15) is 62.2 Å². The lowest BCUT2D eigenvalue weighted by molar-refractivity contribution is -0.130. The van der Waals surface area contributed by atoms with Gasteiger partial charge in [-0.3, -0.25) is 24.7 Å². The Kier molecular flexibility index (Phi) is 7.02. The molecular weight excluding hydrogens is 444 g/mol. The summed E-state index contributed by atoms with van der Waals surface area (Å²) in [6.07, 6.45) is 6.04. The quantitative estimate of drug-likeness (QED) is 0.650. The average Bonchev–Trinajstić information content (AvgIpc) is 3.36. The van der Waals surface area contributed by atoms with Crippen molar-refractivity contribution in [3.63, 3.8) is 0 Å². The molecular formula is C23H26N4O5S. The largest absolute Gasteiger partial charge is 0.449 e. The molecule has 1 N–H and O–H groups in total. The molecule has 2 heterocycles. The Hall–Kier alpha value is -3.27. The Bertz CT molecular complexity index is 1020. The van der Waals surface area contributed by atoms with Crippen molar-refractivity contribution in [2.75, 3.05) is 9.91 Å². The van der Waals surface area contributed by atoms with E-state index in [0.29, 0.717) is 10.8 Å². The molecule has 3 amide bonds. The Balaban J connectivity index is 1.43. The number of benzene rings is 1. The van der Waals surface area contributed by atoms with Crippen molar-refractivity contribution in [1.29, 1.82) is 0 Å². The van der Waals surface area contributed by atoms with Gasteiger partial charge >= 0.3 is 5.97 Å². The molecule has 33 heavy (non-hydrogen) atoms. The fraction of sp³-hybridized carbons (Fsp3) is 0.435. The van der Waals surface area contributed by atoms with E-state index in [4.69, 9.17) is 4.74 Å². The Morgan fingerprint density at radius 1 is 1.15 bits per heavy atom. The summed E-state index contributed by atoms with van der Waals surface area (Å²) in [7, 11) is 0. The SMILES string of the molecule is CC(OC(=O)c1ccc(N2NC(=O)CCC2=O)cc1)C(=O)N(c1nccs1)C1CCCCC1. The zero-order valence-corrected chi connectivity index (χ0v) is 19.2. The summed E-state index contributed by atoms with van der Waals surface area (Å²) in [4.78, 5) is 55.6. The third kappa shape index (κ3) is 5.22. The van der Waals surface area contributed by atoms with Crippen molar-refractivity contribution in [3.05, 3.63) is 41.4 Å². The highest BCUT2D eigenvalue weighted by Crippen LogP contribution is 2.30. The number of nitrogens with one attached hydrogen (secondary N) is 1. The van der Waals surface area contributed by atoms with Crippen LogP contribution >= 0.6 is 11.3 Å². The number of hydrogen-bond donors (Lipinski definition) is 1. The molecule has 0 bridgehead atoms. The van der Waals surface area contributed by atoms with E-state index in [1.807, 2.05) is 5.38 Å². The molecule has 9 nitrogen and oxygen atoms in total. The number of rotatable bonds is 6. The molecule has 4 rings (SSSR count). The molecule has 2 fully saturated rings. The van der Waals surface area contributed by atoms with Gasteiger partial charge in [-0.15, -0.1) is 11.3 Å². The van der Waals surface area contributed by atoms with Crippen LogP contribution in [-0.2, 0) is 19.1 Å². The van der Waals surface area contributed by atoms with E-state index in [9.17, 15) is 19.2 Å². The molecule has 0 radical (unpaired) electrons. The number of aromatic nitrogens is 1. The first kappa shape index (κ1) is 22.9. The van der Waals surface area contributed by atoms with Crippen LogP contribution in [0.4, 0.5) is 10.8 Å². The maximum absolute atomic E-state index is 13.3. The number of amides is 3. The van der Waals surface area contributed by atoms with Crippen molar-refractivity contribution < 1.29 is 23.9 Å². The molecule has 1 unspecified atom stereocenters. The molecule has 1 saturated carbocycles. The Labute approximate surface area is 195 Å². The normalized spacial score (nSPS) is 17.9. The Morgan fingerprint density at radius 3 is 2.55 bits per heavy atom. The van der Waals surface area contributed by atoms with Crippen LogP contribution in [0.3, 0.4) is 0 Å². The second-order valence-corrected chi connectivity index (χ2v) is 9.05. The van der Waals surface area contributed by atoms with Crippen molar-refractivity contribution in [1.82, 2.24) is 10.4 Å². The summed E-state index contributed by atoms with van der Waals surface area (Å²) in [6.45, 7) is 1.57. The van der Waals surface area contributed by atoms with E-state index >= 15 is 0 Å². The van der Waals surface area contributed by atoms with Gasteiger partial charge in [0.15, 0.2) is 11.2 Å². The van der Waals surface area contributed by atoms with Crippen molar-refractivity contribution >= 4 is 45.8 Å². The number of ether oxygens (including phenoxy) is 1. The molecule has 0 spiro atoms. The molecule has 1 saturated heterocycles. The first-order chi connectivity index (χ1) is 15.9. The highest BCUT2D eigenvalue weighted by molar-refractivity contribution is 7.13. The second kappa shape index (κ2) is 10.1. The summed E-state index contributed by atoms with van der Waals surface area (Å²) < 4.78 is 5.49. The first-order valence-corrected chi connectivity index (χ1v) is 12.0. The van der Waals surface area contributed by atoms with Gasteiger partial charge in [-0.2, -0.15) is 0 Å².